The first-order valence-corrected chi connectivity index (χ1v) is 13.5. The Kier molecular flexibility index (Phi) is 7.79. The normalized spacial score (nSPS) is 11.8. The predicted molar refractivity (Wildman–Crippen MR) is 146 cm³/mol. The third kappa shape index (κ3) is 5.96. The number of hydrogen-bond acceptors (Lipinski definition) is 9. The molecule has 0 bridgehead atoms. The zero-order valence-corrected chi connectivity index (χ0v) is 23.2. The molecule has 0 aliphatic rings. The van der Waals surface area contributed by atoms with Crippen LogP contribution in [0.1, 0.15) is 31.9 Å². The van der Waals surface area contributed by atoms with Crippen LogP contribution in [-0.2, 0) is 27.9 Å². The van der Waals surface area contributed by atoms with Crippen LogP contribution in [0.5, 0.6) is 5.75 Å². The topological polar surface area (TPSA) is 136 Å². The molecule has 4 aromatic rings. The molecular weight excluding hydrogens is 522 g/mol. The SMILES string of the molecule is COc1ccc(Nc2ncnc3c2c(CN(C)C(=O)OC(C)(C)C)cn3S(=O)(=O)c2ccccc2)cc1CO. The van der Waals surface area contributed by atoms with Crippen LogP contribution >= 0.6 is 0 Å². The molecule has 39 heavy (non-hydrogen) atoms. The van der Waals surface area contributed by atoms with Gasteiger partial charge in [-0.05, 0) is 51.1 Å². The van der Waals surface area contributed by atoms with E-state index in [-0.39, 0.29) is 23.7 Å². The molecule has 0 radical (unpaired) electrons. The van der Waals surface area contributed by atoms with E-state index in [1.807, 2.05) is 0 Å². The van der Waals surface area contributed by atoms with Gasteiger partial charge in [-0.15, -0.1) is 0 Å². The van der Waals surface area contributed by atoms with E-state index in [0.29, 0.717) is 33.8 Å². The summed E-state index contributed by atoms with van der Waals surface area (Å²) < 4.78 is 39.1. The molecule has 0 unspecified atom stereocenters. The molecule has 0 saturated heterocycles. The number of methoxy groups -OCH3 is 1. The number of amides is 1. The number of aromatic nitrogens is 3. The van der Waals surface area contributed by atoms with E-state index in [9.17, 15) is 18.3 Å². The summed E-state index contributed by atoms with van der Waals surface area (Å²) in [5.41, 5.74) is 1.06. The Bertz CT molecular complexity index is 1600. The summed E-state index contributed by atoms with van der Waals surface area (Å²) in [4.78, 5) is 22.9. The first-order valence-electron chi connectivity index (χ1n) is 12.1. The molecule has 2 aromatic carbocycles. The van der Waals surface area contributed by atoms with Gasteiger partial charge in [0.1, 0.15) is 23.5 Å². The number of hydrogen-bond donors (Lipinski definition) is 2. The molecule has 0 aliphatic carbocycles. The second kappa shape index (κ2) is 10.9. The molecule has 1 amide bonds. The van der Waals surface area contributed by atoms with Crippen molar-refractivity contribution >= 4 is 38.7 Å². The Hall–Kier alpha value is -4.16. The highest BCUT2D eigenvalue weighted by Crippen LogP contribution is 2.32. The average Bonchev–Trinajstić information content (AvgIpc) is 3.28. The minimum atomic E-state index is -4.02. The van der Waals surface area contributed by atoms with Gasteiger partial charge in [-0.2, -0.15) is 0 Å². The lowest BCUT2D eigenvalue weighted by molar-refractivity contribution is 0.0285. The van der Waals surface area contributed by atoms with Crippen molar-refractivity contribution in [2.24, 2.45) is 0 Å². The minimum absolute atomic E-state index is 0.0231. The van der Waals surface area contributed by atoms with Crippen LogP contribution in [0.2, 0.25) is 0 Å². The number of benzene rings is 2. The van der Waals surface area contributed by atoms with Crippen LogP contribution in [0.25, 0.3) is 11.0 Å². The van der Waals surface area contributed by atoms with Crippen molar-refractivity contribution in [1.29, 1.82) is 0 Å². The second-order valence-electron chi connectivity index (χ2n) is 9.84. The lowest BCUT2D eigenvalue weighted by atomic mass is 10.1. The van der Waals surface area contributed by atoms with Crippen molar-refractivity contribution in [3.8, 4) is 5.75 Å². The van der Waals surface area contributed by atoms with Crippen molar-refractivity contribution in [2.45, 2.75) is 44.4 Å². The summed E-state index contributed by atoms with van der Waals surface area (Å²) >= 11 is 0. The second-order valence-corrected chi connectivity index (χ2v) is 11.7. The molecule has 206 valence electrons. The van der Waals surface area contributed by atoms with E-state index in [4.69, 9.17) is 9.47 Å². The Morgan fingerprint density at radius 1 is 1.10 bits per heavy atom. The van der Waals surface area contributed by atoms with E-state index >= 15 is 0 Å². The number of ether oxygens (including phenoxy) is 2. The molecule has 0 spiro atoms. The summed E-state index contributed by atoms with van der Waals surface area (Å²) in [6.07, 6.45) is 2.14. The number of rotatable bonds is 8. The van der Waals surface area contributed by atoms with Crippen LogP contribution in [0.3, 0.4) is 0 Å². The average molecular weight is 554 g/mol. The first kappa shape index (κ1) is 27.9. The molecule has 0 fully saturated rings. The maximum absolute atomic E-state index is 13.6. The third-order valence-electron chi connectivity index (χ3n) is 5.76. The highest BCUT2D eigenvalue weighted by Gasteiger charge is 2.27. The van der Waals surface area contributed by atoms with Crippen LogP contribution in [-0.4, -0.2) is 58.2 Å². The maximum Gasteiger partial charge on any atom is 0.410 e. The van der Waals surface area contributed by atoms with Crippen molar-refractivity contribution in [1.82, 2.24) is 18.8 Å². The van der Waals surface area contributed by atoms with E-state index in [0.717, 1.165) is 3.97 Å². The lowest BCUT2D eigenvalue weighted by Gasteiger charge is -2.24. The first-order chi connectivity index (χ1) is 18.4. The largest absolute Gasteiger partial charge is 0.496 e. The summed E-state index contributed by atoms with van der Waals surface area (Å²) in [5, 5.41) is 13.3. The molecule has 4 rings (SSSR count). The fraction of sp³-hybridized carbons (Fsp3) is 0.296. The van der Waals surface area contributed by atoms with Crippen molar-refractivity contribution in [2.75, 3.05) is 19.5 Å². The van der Waals surface area contributed by atoms with Gasteiger partial charge in [-0.3, -0.25) is 0 Å². The van der Waals surface area contributed by atoms with Gasteiger partial charge in [0.25, 0.3) is 10.0 Å². The number of nitrogens with zero attached hydrogens (tertiary/aromatic N) is 4. The van der Waals surface area contributed by atoms with Gasteiger partial charge in [-0.25, -0.2) is 27.2 Å². The van der Waals surface area contributed by atoms with Gasteiger partial charge in [0.15, 0.2) is 5.65 Å². The van der Waals surface area contributed by atoms with E-state index in [2.05, 4.69) is 15.3 Å². The van der Waals surface area contributed by atoms with E-state index < -0.39 is 21.7 Å². The molecule has 2 aromatic heterocycles. The number of carbonyl (C=O) groups excluding carboxylic acids is 1. The molecule has 2 N–H and O–H groups in total. The predicted octanol–water partition coefficient (Wildman–Crippen LogP) is 4.28. The quantitative estimate of drug-likeness (QED) is 0.328. The number of nitrogens with one attached hydrogen (secondary N) is 1. The fourth-order valence-corrected chi connectivity index (χ4v) is 5.35. The number of fused-ring (bicyclic) bond motifs is 1. The zero-order chi connectivity index (χ0) is 28.4. The highest BCUT2D eigenvalue weighted by molar-refractivity contribution is 7.90. The Morgan fingerprint density at radius 3 is 2.46 bits per heavy atom. The molecule has 11 nitrogen and oxygen atoms in total. The summed E-state index contributed by atoms with van der Waals surface area (Å²) in [6.45, 7) is 5.08. The van der Waals surface area contributed by atoms with Gasteiger partial charge in [0.2, 0.25) is 0 Å². The van der Waals surface area contributed by atoms with Gasteiger partial charge in [-0.1, -0.05) is 18.2 Å². The number of carbonyl (C=O) groups is 1. The molecule has 0 aliphatic heterocycles. The van der Waals surface area contributed by atoms with Crippen molar-refractivity contribution in [3.63, 3.8) is 0 Å². The Morgan fingerprint density at radius 2 is 1.82 bits per heavy atom. The highest BCUT2D eigenvalue weighted by atomic mass is 32.2. The van der Waals surface area contributed by atoms with Crippen molar-refractivity contribution in [3.05, 3.63) is 72.2 Å². The summed E-state index contributed by atoms with van der Waals surface area (Å²) in [7, 11) is -0.945. The molecule has 12 heteroatoms. The Labute approximate surface area is 227 Å². The Balaban J connectivity index is 1.85. The number of anilines is 2. The zero-order valence-electron chi connectivity index (χ0n) is 22.4. The van der Waals surface area contributed by atoms with Crippen LogP contribution in [0.15, 0.2) is 66.0 Å². The van der Waals surface area contributed by atoms with Crippen LogP contribution in [0, 0.1) is 0 Å². The summed E-state index contributed by atoms with van der Waals surface area (Å²) in [5.74, 6) is 0.847. The lowest BCUT2D eigenvalue weighted by Crippen LogP contribution is -2.33. The number of aliphatic hydroxyl groups is 1. The molecule has 0 saturated carbocycles. The molecule has 0 atom stereocenters. The molecule has 2 heterocycles. The van der Waals surface area contributed by atoms with Gasteiger partial charge in [0, 0.05) is 30.1 Å². The third-order valence-corrected chi connectivity index (χ3v) is 7.42. The fourth-order valence-electron chi connectivity index (χ4n) is 3.99. The molecular formula is C27H31N5O6S. The minimum Gasteiger partial charge on any atom is -0.496 e. The van der Waals surface area contributed by atoms with Gasteiger partial charge in [0.05, 0.1) is 30.5 Å². The smallest absolute Gasteiger partial charge is 0.410 e. The monoisotopic (exact) mass is 553 g/mol. The van der Waals surface area contributed by atoms with Gasteiger partial charge < -0.3 is 24.8 Å². The standard InChI is InChI=1S/C27H31N5O6S/c1-27(2,3)38-26(34)31(4)14-19-15-32(39(35,36)21-9-7-6-8-10-21)25-23(19)24(28-17-29-25)30-20-11-12-22(37-5)18(13-20)16-33/h6-13,15,17,33H,14,16H2,1-5H3,(H,28,29,30). The van der Waals surface area contributed by atoms with E-state index in [1.54, 1.807) is 64.2 Å². The number of aliphatic hydroxyl groups excluding tert-OH is 1. The van der Waals surface area contributed by atoms with Crippen LogP contribution in [0.4, 0.5) is 16.3 Å². The van der Waals surface area contributed by atoms with Gasteiger partial charge >= 0.3 is 6.09 Å². The van der Waals surface area contributed by atoms with Crippen LogP contribution < -0.4 is 10.1 Å². The van der Waals surface area contributed by atoms with Crippen molar-refractivity contribution < 1.29 is 27.8 Å². The summed E-state index contributed by atoms with van der Waals surface area (Å²) in [6, 6.07) is 13.2. The maximum atomic E-state index is 13.6. The van der Waals surface area contributed by atoms with E-state index in [1.165, 1.54) is 36.7 Å².